The maximum atomic E-state index is 8.67. The van der Waals surface area contributed by atoms with Crippen molar-refractivity contribution in [3.05, 3.63) is 30.3 Å². The minimum atomic E-state index is 0.266. The van der Waals surface area contributed by atoms with Crippen molar-refractivity contribution in [2.45, 2.75) is 6.42 Å². The van der Waals surface area contributed by atoms with Crippen molar-refractivity contribution in [3.8, 4) is 0 Å². The molecule has 0 saturated carbocycles. The predicted octanol–water partition coefficient (Wildman–Crippen LogP) is 0.962. The average molecular weight is 292 g/mol. The van der Waals surface area contributed by atoms with Crippen molar-refractivity contribution in [1.82, 2.24) is 4.90 Å². The lowest BCUT2D eigenvalue weighted by Crippen LogP contribution is -2.42. The van der Waals surface area contributed by atoms with E-state index in [1.807, 2.05) is 18.2 Å². The van der Waals surface area contributed by atoms with Gasteiger partial charge in [0.2, 0.25) is 0 Å². The quantitative estimate of drug-likeness (QED) is 0.339. The third-order valence-corrected chi connectivity index (χ3v) is 3.68. The number of nitrogens with two attached hydrogens (primary N) is 1. The zero-order valence-electron chi connectivity index (χ0n) is 12.3. The first kappa shape index (κ1) is 15.6. The van der Waals surface area contributed by atoms with Gasteiger partial charge in [0.15, 0.2) is 0 Å². The maximum Gasteiger partial charge on any atom is 0.140 e. The number of anilines is 1. The van der Waals surface area contributed by atoms with E-state index in [1.54, 1.807) is 0 Å². The van der Waals surface area contributed by atoms with Crippen LogP contribution in [0.15, 0.2) is 35.5 Å². The number of morpholine rings is 1. The molecule has 1 saturated heterocycles. The predicted molar refractivity (Wildman–Crippen MR) is 83.9 cm³/mol. The molecular formula is C15H24N4O2. The Morgan fingerprint density at radius 3 is 2.62 bits per heavy atom. The Hall–Kier alpha value is -1.79. The Morgan fingerprint density at radius 2 is 1.95 bits per heavy atom. The smallest absolute Gasteiger partial charge is 0.140 e. The molecule has 0 aliphatic carbocycles. The normalized spacial score (nSPS) is 16.9. The third-order valence-electron chi connectivity index (χ3n) is 3.68. The molecule has 0 amide bonds. The molecule has 21 heavy (non-hydrogen) atoms. The first-order valence-corrected chi connectivity index (χ1v) is 7.36. The molecule has 0 unspecified atom stereocenters. The number of ether oxygens (including phenoxy) is 1. The molecule has 1 aliphatic heterocycles. The van der Waals surface area contributed by atoms with E-state index in [9.17, 15) is 0 Å². The Morgan fingerprint density at radius 1 is 1.24 bits per heavy atom. The molecule has 0 radical (unpaired) electrons. The number of oxime groups is 1. The largest absolute Gasteiger partial charge is 0.409 e. The number of hydrogen-bond donors (Lipinski definition) is 2. The van der Waals surface area contributed by atoms with Crippen LogP contribution in [-0.2, 0) is 4.74 Å². The summed E-state index contributed by atoms with van der Waals surface area (Å²) in [5.41, 5.74) is 6.75. The summed E-state index contributed by atoms with van der Waals surface area (Å²) in [6.45, 7) is 6.26. The van der Waals surface area contributed by atoms with Gasteiger partial charge in [-0.15, -0.1) is 0 Å². The Balaban J connectivity index is 1.91. The summed E-state index contributed by atoms with van der Waals surface area (Å²) in [5, 5.41) is 11.7. The molecule has 1 aliphatic rings. The standard InChI is InChI=1S/C15H24N4O2/c16-15(17-20)6-7-19(14-4-2-1-3-5-14)9-8-18-10-12-21-13-11-18/h1-5,20H,6-13H2,(H2,16,17). The number of benzene rings is 1. The van der Waals surface area contributed by atoms with Gasteiger partial charge < -0.3 is 20.6 Å². The van der Waals surface area contributed by atoms with Gasteiger partial charge in [-0.05, 0) is 12.1 Å². The molecule has 0 spiro atoms. The van der Waals surface area contributed by atoms with E-state index in [1.165, 1.54) is 0 Å². The summed E-state index contributed by atoms with van der Waals surface area (Å²) in [6.07, 6.45) is 0.550. The molecule has 1 aromatic rings. The van der Waals surface area contributed by atoms with Crippen LogP contribution in [0.1, 0.15) is 6.42 Å². The molecule has 0 bridgehead atoms. The fraction of sp³-hybridized carbons (Fsp3) is 0.533. The highest BCUT2D eigenvalue weighted by molar-refractivity contribution is 5.80. The lowest BCUT2D eigenvalue weighted by molar-refractivity contribution is 0.0392. The van der Waals surface area contributed by atoms with Gasteiger partial charge in [-0.2, -0.15) is 0 Å². The number of hydrogen-bond acceptors (Lipinski definition) is 5. The number of rotatable bonds is 7. The van der Waals surface area contributed by atoms with E-state index < -0.39 is 0 Å². The number of nitrogens with zero attached hydrogens (tertiary/aromatic N) is 3. The minimum Gasteiger partial charge on any atom is -0.409 e. The van der Waals surface area contributed by atoms with Crippen LogP contribution < -0.4 is 10.6 Å². The maximum absolute atomic E-state index is 8.67. The van der Waals surface area contributed by atoms with Crippen molar-refractivity contribution in [1.29, 1.82) is 0 Å². The van der Waals surface area contributed by atoms with E-state index in [0.717, 1.165) is 51.6 Å². The van der Waals surface area contributed by atoms with E-state index in [2.05, 4.69) is 27.1 Å². The summed E-state index contributed by atoms with van der Waals surface area (Å²) in [6, 6.07) is 10.2. The summed E-state index contributed by atoms with van der Waals surface area (Å²) in [5.74, 6) is 0.266. The molecule has 1 aromatic carbocycles. The molecular weight excluding hydrogens is 268 g/mol. The highest BCUT2D eigenvalue weighted by atomic mass is 16.5. The zero-order valence-corrected chi connectivity index (χ0v) is 12.3. The van der Waals surface area contributed by atoms with Gasteiger partial charge in [-0.3, -0.25) is 4.90 Å². The van der Waals surface area contributed by atoms with Crippen molar-refractivity contribution >= 4 is 11.5 Å². The molecule has 116 valence electrons. The molecule has 6 heteroatoms. The van der Waals surface area contributed by atoms with Crippen LogP contribution in [0.4, 0.5) is 5.69 Å². The van der Waals surface area contributed by atoms with Crippen molar-refractivity contribution in [2.24, 2.45) is 10.9 Å². The SMILES string of the molecule is N/C(CCN(CCN1CCOCC1)c1ccccc1)=N\O. The van der Waals surface area contributed by atoms with Gasteiger partial charge in [0.1, 0.15) is 5.84 Å². The highest BCUT2D eigenvalue weighted by Gasteiger charge is 2.13. The lowest BCUT2D eigenvalue weighted by atomic mass is 10.2. The monoisotopic (exact) mass is 292 g/mol. The summed E-state index contributed by atoms with van der Waals surface area (Å²) < 4.78 is 5.37. The second kappa shape index (κ2) is 8.49. The van der Waals surface area contributed by atoms with E-state index in [4.69, 9.17) is 15.7 Å². The molecule has 0 aromatic heterocycles. The first-order chi connectivity index (χ1) is 10.3. The van der Waals surface area contributed by atoms with Crippen LogP contribution in [-0.4, -0.2) is 61.9 Å². The van der Waals surface area contributed by atoms with E-state index in [0.29, 0.717) is 6.42 Å². The van der Waals surface area contributed by atoms with Crippen LogP contribution in [0.2, 0.25) is 0 Å². The minimum absolute atomic E-state index is 0.266. The summed E-state index contributed by atoms with van der Waals surface area (Å²) >= 11 is 0. The fourth-order valence-corrected chi connectivity index (χ4v) is 2.40. The van der Waals surface area contributed by atoms with Crippen molar-refractivity contribution in [3.63, 3.8) is 0 Å². The molecule has 1 fully saturated rings. The van der Waals surface area contributed by atoms with Gasteiger partial charge in [0.05, 0.1) is 13.2 Å². The molecule has 0 atom stereocenters. The van der Waals surface area contributed by atoms with Crippen LogP contribution in [0.5, 0.6) is 0 Å². The lowest BCUT2D eigenvalue weighted by Gasteiger charge is -2.31. The topological polar surface area (TPSA) is 74.3 Å². The van der Waals surface area contributed by atoms with Gasteiger partial charge in [-0.1, -0.05) is 23.4 Å². The Kier molecular flexibility index (Phi) is 6.30. The Labute approximate surface area is 125 Å². The summed E-state index contributed by atoms with van der Waals surface area (Å²) in [4.78, 5) is 4.68. The Bertz CT molecular complexity index is 433. The van der Waals surface area contributed by atoms with Gasteiger partial charge >= 0.3 is 0 Å². The van der Waals surface area contributed by atoms with Crippen LogP contribution in [0.25, 0.3) is 0 Å². The average Bonchev–Trinajstić information content (AvgIpc) is 2.56. The summed E-state index contributed by atoms with van der Waals surface area (Å²) in [7, 11) is 0. The van der Waals surface area contributed by atoms with Gasteiger partial charge in [0, 0.05) is 44.8 Å². The van der Waals surface area contributed by atoms with E-state index >= 15 is 0 Å². The number of amidine groups is 1. The second-order valence-electron chi connectivity index (χ2n) is 5.12. The molecule has 6 nitrogen and oxygen atoms in total. The zero-order chi connectivity index (χ0) is 14.9. The highest BCUT2D eigenvalue weighted by Crippen LogP contribution is 2.13. The van der Waals surface area contributed by atoms with E-state index in [-0.39, 0.29) is 5.84 Å². The van der Waals surface area contributed by atoms with Crippen molar-refractivity contribution < 1.29 is 9.94 Å². The first-order valence-electron chi connectivity index (χ1n) is 7.36. The number of para-hydroxylation sites is 1. The van der Waals surface area contributed by atoms with Crippen LogP contribution in [0, 0.1) is 0 Å². The van der Waals surface area contributed by atoms with Crippen LogP contribution in [0.3, 0.4) is 0 Å². The second-order valence-corrected chi connectivity index (χ2v) is 5.12. The third kappa shape index (κ3) is 5.24. The van der Waals surface area contributed by atoms with Gasteiger partial charge in [0.25, 0.3) is 0 Å². The fourth-order valence-electron chi connectivity index (χ4n) is 2.40. The van der Waals surface area contributed by atoms with Crippen molar-refractivity contribution in [2.75, 3.05) is 50.8 Å². The van der Waals surface area contributed by atoms with Crippen LogP contribution >= 0.6 is 0 Å². The molecule has 2 rings (SSSR count). The molecule has 3 N–H and O–H groups in total. The van der Waals surface area contributed by atoms with Gasteiger partial charge in [-0.25, -0.2) is 0 Å². The molecule has 1 heterocycles.